The van der Waals surface area contributed by atoms with Crippen LogP contribution in [0.2, 0.25) is 0 Å². The third-order valence-electron chi connectivity index (χ3n) is 4.72. The predicted octanol–water partition coefficient (Wildman–Crippen LogP) is 4.49. The molecule has 0 amide bonds. The molecule has 0 saturated carbocycles. The van der Waals surface area contributed by atoms with Crippen LogP contribution in [0.5, 0.6) is 17.2 Å². The molecule has 0 bridgehead atoms. The summed E-state index contributed by atoms with van der Waals surface area (Å²) in [6.07, 6.45) is 4.97. The summed E-state index contributed by atoms with van der Waals surface area (Å²) < 4.78 is 22.1. The monoisotopic (exact) mass is 420 g/mol. The minimum absolute atomic E-state index is 0.222. The number of ether oxygens (including phenoxy) is 3. The lowest BCUT2D eigenvalue weighted by atomic mass is 9.96. The molecule has 1 aliphatic rings. The lowest BCUT2D eigenvalue weighted by molar-refractivity contribution is -0.132. The Morgan fingerprint density at radius 3 is 2.42 bits per heavy atom. The first-order valence-electron chi connectivity index (χ1n) is 9.63. The zero-order valence-corrected chi connectivity index (χ0v) is 17.5. The number of hydrogen-bond acceptors (Lipinski definition) is 7. The van der Waals surface area contributed by atoms with Gasteiger partial charge in [-0.1, -0.05) is 0 Å². The van der Waals surface area contributed by atoms with Crippen molar-refractivity contribution >= 4 is 29.0 Å². The van der Waals surface area contributed by atoms with E-state index in [0.29, 0.717) is 22.3 Å². The molecule has 0 atom stereocenters. The molecular formula is C24H20O7. The molecule has 0 aliphatic carbocycles. The lowest BCUT2D eigenvalue weighted by Gasteiger charge is -2.29. The number of esters is 2. The van der Waals surface area contributed by atoms with E-state index in [1.54, 1.807) is 12.1 Å². The van der Waals surface area contributed by atoms with E-state index in [1.165, 1.54) is 38.3 Å². The molecule has 0 fully saturated rings. The topological polar surface area (TPSA) is 92.0 Å². The van der Waals surface area contributed by atoms with Crippen molar-refractivity contribution in [3.63, 3.8) is 0 Å². The second-order valence-corrected chi connectivity index (χ2v) is 7.72. The van der Waals surface area contributed by atoms with Crippen molar-refractivity contribution in [1.82, 2.24) is 0 Å². The third-order valence-corrected chi connectivity index (χ3v) is 4.72. The zero-order valence-electron chi connectivity index (χ0n) is 17.5. The summed E-state index contributed by atoms with van der Waals surface area (Å²) in [6.45, 7) is 6.40. The lowest BCUT2D eigenvalue weighted by Crippen LogP contribution is -2.27. The first-order valence-corrected chi connectivity index (χ1v) is 9.63. The Bertz CT molecular complexity index is 1310. The fraction of sp³-hybridized carbons (Fsp3) is 0.208. The summed E-state index contributed by atoms with van der Waals surface area (Å²) in [5.41, 5.74) is 0.641. The second kappa shape index (κ2) is 7.43. The molecule has 31 heavy (non-hydrogen) atoms. The van der Waals surface area contributed by atoms with Gasteiger partial charge in [0, 0.05) is 25.5 Å². The van der Waals surface area contributed by atoms with E-state index in [4.69, 9.17) is 18.6 Å². The van der Waals surface area contributed by atoms with Crippen LogP contribution in [0, 0.1) is 0 Å². The van der Waals surface area contributed by atoms with E-state index >= 15 is 0 Å². The van der Waals surface area contributed by atoms with Crippen LogP contribution in [-0.4, -0.2) is 17.5 Å². The van der Waals surface area contributed by atoms with Gasteiger partial charge in [0.1, 0.15) is 34.7 Å². The predicted molar refractivity (Wildman–Crippen MR) is 114 cm³/mol. The average Bonchev–Trinajstić information content (AvgIpc) is 2.67. The Morgan fingerprint density at radius 2 is 1.71 bits per heavy atom. The molecule has 1 aliphatic heterocycles. The second-order valence-electron chi connectivity index (χ2n) is 7.72. The molecule has 2 aromatic carbocycles. The summed E-state index contributed by atoms with van der Waals surface area (Å²) in [4.78, 5) is 36.2. The van der Waals surface area contributed by atoms with Crippen LogP contribution in [-0.2, 0) is 9.59 Å². The molecule has 7 nitrogen and oxygen atoms in total. The normalized spacial score (nSPS) is 13.9. The summed E-state index contributed by atoms with van der Waals surface area (Å²) >= 11 is 0. The van der Waals surface area contributed by atoms with Gasteiger partial charge in [0.15, 0.2) is 0 Å². The van der Waals surface area contributed by atoms with E-state index in [1.807, 2.05) is 26.0 Å². The van der Waals surface area contributed by atoms with E-state index in [2.05, 4.69) is 0 Å². The highest BCUT2D eigenvalue weighted by molar-refractivity contribution is 5.88. The van der Waals surface area contributed by atoms with E-state index in [-0.39, 0.29) is 28.1 Å². The molecule has 0 unspecified atom stereocenters. The van der Waals surface area contributed by atoms with Gasteiger partial charge in [-0.25, -0.2) is 0 Å². The molecule has 4 rings (SSSR count). The van der Waals surface area contributed by atoms with Crippen LogP contribution in [0.4, 0.5) is 0 Å². The molecule has 158 valence electrons. The molecule has 0 N–H and O–H groups in total. The SMILES string of the molecule is CC(=O)Oc1ccc2c(=O)c(-c3ccc4c(c3OC(C)=O)C=CC(C)(C)O4)coc2c1. The van der Waals surface area contributed by atoms with E-state index < -0.39 is 17.5 Å². The zero-order chi connectivity index (χ0) is 22.3. The van der Waals surface area contributed by atoms with Crippen molar-refractivity contribution < 1.29 is 28.2 Å². The molecule has 7 heteroatoms. The summed E-state index contributed by atoms with van der Waals surface area (Å²) in [5, 5.41) is 0.299. The van der Waals surface area contributed by atoms with Crippen molar-refractivity contribution in [3.05, 3.63) is 58.5 Å². The maximum Gasteiger partial charge on any atom is 0.308 e. The van der Waals surface area contributed by atoms with E-state index in [9.17, 15) is 14.4 Å². The van der Waals surface area contributed by atoms with Gasteiger partial charge < -0.3 is 18.6 Å². The van der Waals surface area contributed by atoms with Gasteiger partial charge in [0.25, 0.3) is 0 Å². The van der Waals surface area contributed by atoms with Gasteiger partial charge in [-0.05, 0) is 50.3 Å². The molecule has 0 saturated heterocycles. The fourth-order valence-corrected chi connectivity index (χ4v) is 3.42. The highest BCUT2D eigenvalue weighted by Gasteiger charge is 2.27. The smallest absolute Gasteiger partial charge is 0.308 e. The largest absolute Gasteiger partial charge is 0.483 e. The van der Waals surface area contributed by atoms with Gasteiger partial charge in [-0.2, -0.15) is 0 Å². The van der Waals surface area contributed by atoms with Gasteiger partial charge in [0.05, 0.1) is 16.5 Å². The summed E-state index contributed by atoms with van der Waals surface area (Å²) in [5.74, 6) is 0.0414. The van der Waals surface area contributed by atoms with Crippen LogP contribution in [0.15, 0.2) is 51.9 Å². The number of hydrogen-bond donors (Lipinski definition) is 0. The van der Waals surface area contributed by atoms with Crippen molar-refractivity contribution in [1.29, 1.82) is 0 Å². The van der Waals surface area contributed by atoms with Crippen LogP contribution < -0.4 is 19.6 Å². The van der Waals surface area contributed by atoms with Gasteiger partial charge in [-0.3, -0.25) is 14.4 Å². The molecule has 0 radical (unpaired) electrons. The molecule has 1 aromatic heterocycles. The van der Waals surface area contributed by atoms with Crippen LogP contribution >= 0.6 is 0 Å². The molecule has 0 spiro atoms. The fourth-order valence-electron chi connectivity index (χ4n) is 3.42. The highest BCUT2D eigenvalue weighted by atomic mass is 16.5. The Labute approximate surface area is 177 Å². The average molecular weight is 420 g/mol. The van der Waals surface area contributed by atoms with Crippen LogP contribution in [0.3, 0.4) is 0 Å². The van der Waals surface area contributed by atoms with E-state index in [0.717, 1.165) is 0 Å². The van der Waals surface area contributed by atoms with Crippen molar-refractivity contribution in [2.45, 2.75) is 33.3 Å². The number of carbonyl (C=O) groups excluding carboxylic acids is 2. The Hall–Kier alpha value is -3.87. The van der Waals surface area contributed by atoms with Crippen molar-refractivity contribution in [2.75, 3.05) is 0 Å². The Kier molecular flexibility index (Phi) is 4.89. The highest BCUT2D eigenvalue weighted by Crippen LogP contribution is 2.42. The Morgan fingerprint density at radius 1 is 0.968 bits per heavy atom. The quantitative estimate of drug-likeness (QED) is 0.455. The molecular weight excluding hydrogens is 400 g/mol. The number of rotatable bonds is 3. The minimum atomic E-state index is -0.524. The van der Waals surface area contributed by atoms with Gasteiger partial charge in [-0.15, -0.1) is 0 Å². The van der Waals surface area contributed by atoms with Crippen molar-refractivity contribution in [3.8, 4) is 28.4 Å². The first kappa shape index (κ1) is 20.4. The van der Waals surface area contributed by atoms with Gasteiger partial charge >= 0.3 is 11.9 Å². The number of fused-ring (bicyclic) bond motifs is 2. The third kappa shape index (κ3) is 3.94. The maximum absolute atomic E-state index is 13.2. The summed E-state index contributed by atoms with van der Waals surface area (Å²) in [6, 6.07) is 7.91. The van der Waals surface area contributed by atoms with Gasteiger partial charge in [0.2, 0.25) is 5.43 Å². The minimum Gasteiger partial charge on any atom is -0.483 e. The van der Waals surface area contributed by atoms with Crippen molar-refractivity contribution in [2.24, 2.45) is 0 Å². The first-order chi connectivity index (χ1) is 14.6. The molecule has 2 heterocycles. The van der Waals surface area contributed by atoms with Crippen LogP contribution in [0.1, 0.15) is 33.3 Å². The summed E-state index contributed by atoms with van der Waals surface area (Å²) in [7, 11) is 0. The van der Waals surface area contributed by atoms with Crippen LogP contribution in [0.25, 0.3) is 28.2 Å². The standard InChI is InChI=1S/C24H20O7/c1-13(25)29-15-5-6-17-21(11-15)28-12-19(22(17)27)16-7-8-20-18(23(16)30-14(2)26)9-10-24(3,4)31-20/h5-12H,1-4H3. The maximum atomic E-state index is 13.2. The number of benzene rings is 2. The number of carbonyl (C=O) groups is 2. The molecule has 3 aromatic rings. The Balaban J connectivity index is 1.89.